The van der Waals surface area contributed by atoms with Crippen LogP contribution in [0, 0.1) is 0 Å². The molecule has 0 aliphatic carbocycles. The molecule has 4 nitrogen and oxygen atoms in total. The largest absolute Gasteiger partial charge is 0.336 e. The van der Waals surface area contributed by atoms with Crippen LogP contribution in [-0.2, 0) is 0 Å². The third-order valence-electron chi connectivity index (χ3n) is 2.72. The van der Waals surface area contributed by atoms with Crippen LogP contribution in [-0.4, -0.2) is 54.7 Å². The first-order valence-corrected chi connectivity index (χ1v) is 7.23. The number of carbonyl (C=O) groups excluding carboxylic acids is 1. The van der Waals surface area contributed by atoms with Crippen LogP contribution in [0.25, 0.3) is 0 Å². The van der Waals surface area contributed by atoms with Crippen LogP contribution in [0.4, 0.5) is 4.79 Å². The van der Waals surface area contributed by atoms with Crippen molar-refractivity contribution < 1.29 is 4.79 Å². The van der Waals surface area contributed by atoms with Crippen molar-refractivity contribution in [2.75, 3.05) is 37.7 Å². The second-order valence-electron chi connectivity index (χ2n) is 4.06. The first-order valence-electron chi connectivity index (χ1n) is 6.08. The van der Waals surface area contributed by atoms with Crippen LogP contribution in [0.3, 0.4) is 0 Å². The summed E-state index contributed by atoms with van der Waals surface area (Å²) in [6.07, 6.45) is 1.20. The Hall–Kier alpha value is -0.420. The highest BCUT2D eigenvalue weighted by Gasteiger charge is 2.18. The van der Waals surface area contributed by atoms with Crippen molar-refractivity contribution in [1.29, 1.82) is 0 Å². The molecule has 1 aliphatic heterocycles. The number of rotatable bonds is 8. The minimum atomic E-state index is 0.0796. The molecule has 1 aliphatic rings. The average Bonchev–Trinajstić information content (AvgIpc) is 2.65. The molecule has 0 bridgehead atoms. The number of nitrogens with zero attached hydrogens (tertiary/aromatic N) is 1. The van der Waals surface area contributed by atoms with E-state index in [0.717, 1.165) is 26.2 Å². The summed E-state index contributed by atoms with van der Waals surface area (Å²) in [7, 11) is 0. The number of nitrogens with one attached hydrogen (secondary N) is 2. The molecule has 0 aromatic carbocycles. The Morgan fingerprint density at radius 2 is 2.44 bits per heavy atom. The summed E-state index contributed by atoms with van der Waals surface area (Å²) in [5.41, 5.74) is 0. The van der Waals surface area contributed by atoms with E-state index in [1.807, 2.05) is 16.7 Å². The number of thioether (sulfide) groups is 1. The molecular weight excluding hydrogens is 222 g/mol. The van der Waals surface area contributed by atoms with E-state index < -0.39 is 0 Å². The van der Waals surface area contributed by atoms with Gasteiger partial charge in [0.1, 0.15) is 0 Å². The molecule has 0 aromatic rings. The number of hydrogen-bond acceptors (Lipinski definition) is 3. The summed E-state index contributed by atoms with van der Waals surface area (Å²) in [4.78, 5) is 13.1. The standard InChI is InChI=1S/C11H23N3OS/c1-3-16-9-4-10(2)12-5-7-14-8-6-13-11(14)15/h10,12H,3-9H2,1-2H3,(H,13,15). The Kier molecular flexibility index (Phi) is 6.64. The number of carbonyl (C=O) groups is 1. The molecule has 16 heavy (non-hydrogen) atoms. The molecule has 0 radical (unpaired) electrons. The maximum absolute atomic E-state index is 11.2. The maximum Gasteiger partial charge on any atom is 0.317 e. The van der Waals surface area contributed by atoms with E-state index >= 15 is 0 Å². The summed E-state index contributed by atoms with van der Waals surface area (Å²) in [5, 5.41) is 6.26. The molecule has 1 saturated heterocycles. The van der Waals surface area contributed by atoms with Crippen molar-refractivity contribution >= 4 is 17.8 Å². The van der Waals surface area contributed by atoms with E-state index in [9.17, 15) is 4.79 Å². The fourth-order valence-corrected chi connectivity index (χ4v) is 2.49. The highest BCUT2D eigenvalue weighted by Crippen LogP contribution is 2.03. The Morgan fingerprint density at radius 1 is 1.62 bits per heavy atom. The van der Waals surface area contributed by atoms with Gasteiger partial charge in [-0.05, 0) is 24.9 Å². The second-order valence-corrected chi connectivity index (χ2v) is 5.45. The molecule has 0 spiro atoms. The lowest BCUT2D eigenvalue weighted by molar-refractivity contribution is 0.217. The van der Waals surface area contributed by atoms with E-state index in [1.165, 1.54) is 17.9 Å². The van der Waals surface area contributed by atoms with Gasteiger partial charge in [0.15, 0.2) is 0 Å². The van der Waals surface area contributed by atoms with Gasteiger partial charge in [-0.3, -0.25) is 0 Å². The van der Waals surface area contributed by atoms with Crippen molar-refractivity contribution in [3.05, 3.63) is 0 Å². The molecule has 2 N–H and O–H groups in total. The van der Waals surface area contributed by atoms with Crippen LogP contribution in [0.2, 0.25) is 0 Å². The van der Waals surface area contributed by atoms with E-state index in [0.29, 0.717) is 6.04 Å². The van der Waals surface area contributed by atoms with Crippen LogP contribution >= 0.6 is 11.8 Å². The van der Waals surface area contributed by atoms with Crippen molar-refractivity contribution in [2.24, 2.45) is 0 Å². The summed E-state index contributed by atoms with van der Waals surface area (Å²) in [6.45, 7) is 7.75. The van der Waals surface area contributed by atoms with E-state index in [4.69, 9.17) is 0 Å². The fraction of sp³-hybridized carbons (Fsp3) is 0.909. The minimum absolute atomic E-state index is 0.0796. The number of amides is 2. The Labute approximate surface area is 103 Å². The van der Waals surface area contributed by atoms with Crippen LogP contribution in [0.1, 0.15) is 20.3 Å². The van der Waals surface area contributed by atoms with Crippen LogP contribution in [0.15, 0.2) is 0 Å². The predicted molar refractivity (Wildman–Crippen MR) is 70.1 cm³/mol. The van der Waals surface area contributed by atoms with Crippen molar-refractivity contribution in [1.82, 2.24) is 15.5 Å². The number of urea groups is 1. The molecule has 0 saturated carbocycles. The minimum Gasteiger partial charge on any atom is -0.336 e. The zero-order valence-corrected chi connectivity index (χ0v) is 11.1. The molecular formula is C11H23N3OS. The van der Waals surface area contributed by atoms with Crippen LogP contribution < -0.4 is 10.6 Å². The third kappa shape index (κ3) is 5.07. The molecule has 1 heterocycles. The van der Waals surface area contributed by atoms with Gasteiger partial charge >= 0.3 is 6.03 Å². The van der Waals surface area contributed by atoms with E-state index in [2.05, 4.69) is 24.5 Å². The van der Waals surface area contributed by atoms with E-state index in [1.54, 1.807) is 0 Å². The molecule has 1 unspecified atom stereocenters. The summed E-state index contributed by atoms with van der Waals surface area (Å²) in [5.74, 6) is 2.41. The fourth-order valence-electron chi connectivity index (χ4n) is 1.68. The molecule has 1 atom stereocenters. The molecule has 94 valence electrons. The van der Waals surface area contributed by atoms with Gasteiger partial charge in [-0.2, -0.15) is 11.8 Å². The average molecular weight is 245 g/mol. The van der Waals surface area contributed by atoms with Crippen molar-refractivity contribution in [2.45, 2.75) is 26.3 Å². The Balaban J connectivity index is 1.99. The Bertz CT molecular complexity index is 213. The molecule has 2 amide bonds. The van der Waals surface area contributed by atoms with Gasteiger partial charge in [-0.1, -0.05) is 6.92 Å². The quantitative estimate of drug-likeness (QED) is 0.630. The van der Waals surface area contributed by atoms with Crippen molar-refractivity contribution in [3.63, 3.8) is 0 Å². The zero-order valence-electron chi connectivity index (χ0n) is 10.3. The first kappa shape index (κ1) is 13.6. The van der Waals surface area contributed by atoms with Gasteiger partial charge in [-0.15, -0.1) is 0 Å². The highest BCUT2D eigenvalue weighted by atomic mass is 32.2. The lowest BCUT2D eigenvalue weighted by atomic mass is 10.2. The maximum atomic E-state index is 11.2. The smallest absolute Gasteiger partial charge is 0.317 e. The van der Waals surface area contributed by atoms with Gasteiger partial charge in [-0.25, -0.2) is 4.79 Å². The summed E-state index contributed by atoms with van der Waals surface area (Å²) < 4.78 is 0. The summed E-state index contributed by atoms with van der Waals surface area (Å²) >= 11 is 1.98. The van der Waals surface area contributed by atoms with Crippen LogP contribution in [0.5, 0.6) is 0 Å². The normalized spacial score (nSPS) is 17.6. The summed E-state index contributed by atoms with van der Waals surface area (Å²) in [6, 6.07) is 0.626. The molecule has 1 fully saturated rings. The lowest BCUT2D eigenvalue weighted by Crippen LogP contribution is -2.37. The molecule has 1 rings (SSSR count). The topological polar surface area (TPSA) is 44.4 Å². The van der Waals surface area contributed by atoms with Gasteiger partial charge in [0.2, 0.25) is 0 Å². The molecule has 5 heteroatoms. The van der Waals surface area contributed by atoms with Gasteiger partial charge < -0.3 is 15.5 Å². The van der Waals surface area contributed by atoms with Crippen molar-refractivity contribution in [3.8, 4) is 0 Å². The van der Waals surface area contributed by atoms with Gasteiger partial charge in [0.25, 0.3) is 0 Å². The second kappa shape index (κ2) is 7.79. The van der Waals surface area contributed by atoms with E-state index in [-0.39, 0.29) is 6.03 Å². The predicted octanol–water partition coefficient (Wildman–Crippen LogP) is 1.13. The number of hydrogen-bond donors (Lipinski definition) is 2. The zero-order chi connectivity index (χ0) is 11.8. The lowest BCUT2D eigenvalue weighted by Gasteiger charge is -2.17. The Morgan fingerprint density at radius 3 is 3.06 bits per heavy atom. The molecule has 0 aromatic heterocycles. The monoisotopic (exact) mass is 245 g/mol. The highest BCUT2D eigenvalue weighted by molar-refractivity contribution is 7.99. The third-order valence-corrected chi connectivity index (χ3v) is 3.65. The van der Waals surface area contributed by atoms with Gasteiger partial charge in [0, 0.05) is 32.2 Å². The SMILES string of the molecule is CCSCCC(C)NCCN1CCNC1=O. The first-order chi connectivity index (χ1) is 7.74. The van der Waals surface area contributed by atoms with Gasteiger partial charge in [0.05, 0.1) is 0 Å².